The van der Waals surface area contributed by atoms with Crippen LogP contribution < -0.4 is 0 Å². The van der Waals surface area contributed by atoms with Crippen molar-refractivity contribution < 1.29 is 18.9 Å². The molecule has 0 aromatic carbocycles. The molecule has 0 saturated carbocycles. The molecule has 0 atom stereocenters. The summed E-state index contributed by atoms with van der Waals surface area (Å²) >= 11 is 0. The molecule has 26 heavy (non-hydrogen) atoms. The van der Waals surface area contributed by atoms with E-state index in [-0.39, 0.29) is 0 Å². The van der Waals surface area contributed by atoms with E-state index in [4.69, 9.17) is 18.9 Å². The summed E-state index contributed by atoms with van der Waals surface area (Å²) in [5.74, 6) is -0.824. The molecule has 6 heteroatoms. The minimum atomic E-state index is -0.413. The Morgan fingerprint density at radius 2 is 1.04 bits per heavy atom. The van der Waals surface area contributed by atoms with Gasteiger partial charge in [-0.25, -0.2) is 0 Å². The Hall–Kier alpha value is -0.240. The van der Waals surface area contributed by atoms with Gasteiger partial charge in [-0.3, -0.25) is 9.80 Å². The number of ether oxygens (including phenoxy) is 4. The zero-order valence-electron chi connectivity index (χ0n) is 18.0. The van der Waals surface area contributed by atoms with Crippen LogP contribution in [0.3, 0.4) is 0 Å². The average Bonchev–Trinajstić information content (AvgIpc) is 3.16. The van der Waals surface area contributed by atoms with Crippen LogP contribution in [0.15, 0.2) is 0 Å². The highest BCUT2D eigenvalue weighted by Gasteiger charge is 2.41. The zero-order valence-corrected chi connectivity index (χ0v) is 18.0. The summed E-state index contributed by atoms with van der Waals surface area (Å²) in [6.45, 7) is 13.4. The Labute approximate surface area is 161 Å². The molecule has 0 aliphatic carbocycles. The Morgan fingerprint density at radius 3 is 1.31 bits per heavy atom. The van der Waals surface area contributed by atoms with Crippen LogP contribution in [0.25, 0.3) is 0 Å². The Bertz CT molecular complexity index is 354. The lowest BCUT2D eigenvalue weighted by molar-refractivity contribution is -0.297. The summed E-state index contributed by atoms with van der Waals surface area (Å²) in [6, 6.07) is 0. The number of likely N-dealkylation sites (tertiary alicyclic amines) is 2. The van der Waals surface area contributed by atoms with E-state index in [1.165, 1.54) is 6.42 Å². The normalized spacial score (nSPS) is 22.4. The summed E-state index contributed by atoms with van der Waals surface area (Å²) in [5, 5.41) is 0. The van der Waals surface area contributed by atoms with E-state index in [2.05, 4.69) is 37.7 Å². The second-order valence-electron chi connectivity index (χ2n) is 7.04. The predicted molar refractivity (Wildman–Crippen MR) is 105 cm³/mol. The highest BCUT2D eigenvalue weighted by molar-refractivity contribution is 4.78. The van der Waals surface area contributed by atoms with Gasteiger partial charge in [0.15, 0.2) is 0 Å². The fraction of sp³-hybridized carbons (Fsp3) is 1.00. The van der Waals surface area contributed by atoms with Gasteiger partial charge in [0, 0.05) is 39.1 Å². The molecule has 0 bridgehead atoms. The van der Waals surface area contributed by atoms with Gasteiger partial charge in [0.1, 0.15) is 0 Å². The molecule has 156 valence electrons. The number of hydrogen-bond acceptors (Lipinski definition) is 6. The summed E-state index contributed by atoms with van der Waals surface area (Å²) in [6.07, 6.45) is 6.42. The summed E-state index contributed by atoms with van der Waals surface area (Å²) in [7, 11) is 4.14. The quantitative estimate of drug-likeness (QED) is 0.544. The third kappa shape index (κ3) is 6.43. The van der Waals surface area contributed by atoms with Crippen molar-refractivity contribution in [1.82, 2.24) is 9.80 Å². The summed E-state index contributed by atoms with van der Waals surface area (Å²) in [5.41, 5.74) is 0. The van der Waals surface area contributed by atoms with Gasteiger partial charge < -0.3 is 18.9 Å². The van der Waals surface area contributed by atoms with Crippen molar-refractivity contribution in [2.75, 3.05) is 53.6 Å². The minimum Gasteiger partial charge on any atom is -0.338 e. The van der Waals surface area contributed by atoms with Crippen LogP contribution in [0.4, 0.5) is 0 Å². The molecule has 0 spiro atoms. The maximum Gasteiger partial charge on any atom is 0.229 e. The lowest BCUT2D eigenvalue weighted by Crippen LogP contribution is -2.46. The van der Waals surface area contributed by atoms with Crippen molar-refractivity contribution in [3.8, 4) is 0 Å². The number of nitrogens with zero attached hydrogens (tertiary/aromatic N) is 2. The van der Waals surface area contributed by atoms with E-state index >= 15 is 0 Å². The van der Waals surface area contributed by atoms with Gasteiger partial charge in [-0.1, -0.05) is 13.8 Å². The average molecular weight is 375 g/mol. The van der Waals surface area contributed by atoms with Crippen molar-refractivity contribution in [2.24, 2.45) is 0 Å². The first-order valence-electron chi connectivity index (χ1n) is 10.5. The van der Waals surface area contributed by atoms with Gasteiger partial charge in [-0.15, -0.1) is 0 Å². The minimum absolute atomic E-state index is 0.411. The van der Waals surface area contributed by atoms with Crippen LogP contribution in [0.1, 0.15) is 66.2 Å². The van der Waals surface area contributed by atoms with Crippen LogP contribution in [-0.2, 0) is 18.9 Å². The SMILES string of the molecule is CCCOC1(OCCC)CCCN1C.CCOC1(OCC)CCCN1C. The van der Waals surface area contributed by atoms with Gasteiger partial charge in [0.2, 0.25) is 11.8 Å². The van der Waals surface area contributed by atoms with E-state index in [0.717, 1.165) is 58.4 Å². The van der Waals surface area contributed by atoms with Gasteiger partial charge >= 0.3 is 0 Å². The van der Waals surface area contributed by atoms with Crippen LogP contribution in [0, 0.1) is 0 Å². The first-order chi connectivity index (χ1) is 12.5. The molecule has 0 aromatic rings. The van der Waals surface area contributed by atoms with Crippen LogP contribution in [-0.4, -0.2) is 75.2 Å². The molecule has 2 aliphatic heterocycles. The fourth-order valence-corrected chi connectivity index (χ4v) is 3.59. The molecule has 6 nitrogen and oxygen atoms in total. The standard InChI is InChI=1S/C11H23NO2.C9H19NO2/c1-4-9-13-11(14-10-5-2)7-6-8-12(11)3;1-4-11-9(12-5-2)7-6-8-10(9)3/h4-10H2,1-3H3;4-8H2,1-3H3. The second kappa shape index (κ2) is 12.3. The third-order valence-corrected chi connectivity index (χ3v) is 4.94. The molecular weight excluding hydrogens is 332 g/mol. The summed E-state index contributed by atoms with van der Waals surface area (Å²) in [4.78, 5) is 4.35. The molecular formula is C20H42N2O4. The first kappa shape index (κ1) is 23.8. The second-order valence-corrected chi connectivity index (χ2v) is 7.04. The molecule has 0 radical (unpaired) electrons. The van der Waals surface area contributed by atoms with Crippen molar-refractivity contribution in [3.05, 3.63) is 0 Å². The Morgan fingerprint density at radius 1 is 0.654 bits per heavy atom. The molecule has 2 rings (SSSR count). The third-order valence-electron chi connectivity index (χ3n) is 4.94. The number of hydrogen-bond donors (Lipinski definition) is 0. The van der Waals surface area contributed by atoms with Crippen molar-refractivity contribution >= 4 is 0 Å². The maximum atomic E-state index is 5.86. The lowest BCUT2D eigenvalue weighted by Gasteiger charge is -2.35. The van der Waals surface area contributed by atoms with Crippen LogP contribution in [0.2, 0.25) is 0 Å². The van der Waals surface area contributed by atoms with Crippen LogP contribution in [0.5, 0.6) is 0 Å². The highest BCUT2D eigenvalue weighted by Crippen LogP contribution is 2.31. The van der Waals surface area contributed by atoms with Crippen molar-refractivity contribution in [2.45, 2.75) is 78.0 Å². The first-order valence-corrected chi connectivity index (χ1v) is 10.5. The summed E-state index contributed by atoms with van der Waals surface area (Å²) < 4.78 is 23.0. The predicted octanol–water partition coefficient (Wildman–Crippen LogP) is 3.66. The highest BCUT2D eigenvalue weighted by atomic mass is 16.7. The van der Waals surface area contributed by atoms with Gasteiger partial charge in [0.25, 0.3) is 0 Å². The smallest absolute Gasteiger partial charge is 0.229 e. The van der Waals surface area contributed by atoms with E-state index < -0.39 is 11.8 Å². The molecule has 2 saturated heterocycles. The van der Waals surface area contributed by atoms with E-state index in [0.29, 0.717) is 13.2 Å². The van der Waals surface area contributed by atoms with Gasteiger partial charge in [-0.05, 0) is 53.6 Å². The zero-order chi connectivity index (χ0) is 19.5. The lowest BCUT2D eigenvalue weighted by atomic mass is 10.3. The van der Waals surface area contributed by atoms with Crippen LogP contribution >= 0.6 is 0 Å². The Balaban J connectivity index is 0.000000263. The molecule has 0 amide bonds. The number of rotatable bonds is 10. The van der Waals surface area contributed by atoms with Gasteiger partial charge in [-0.2, -0.15) is 0 Å². The molecule has 2 fully saturated rings. The van der Waals surface area contributed by atoms with E-state index in [1.807, 2.05) is 13.8 Å². The van der Waals surface area contributed by atoms with Crippen molar-refractivity contribution in [3.63, 3.8) is 0 Å². The topological polar surface area (TPSA) is 43.4 Å². The van der Waals surface area contributed by atoms with E-state index in [9.17, 15) is 0 Å². The van der Waals surface area contributed by atoms with Crippen molar-refractivity contribution in [1.29, 1.82) is 0 Å². The maximum absolute atomic E-state index is 5.86. The molecule has 0 unspecified atom stereocenters. The monoisotopic (exact) mass is 374 g/mol. The molecule has 2 heterocycles. The molecule has 0 aromatic heterocycles. The Kier molecular flexibility index (Phi) is 11.2. The van der Waals surface area contributed by atoms with E-state index in [1.54, 1.807) is 0 Å². The van der Waals surface area contributed by atoms with Gasteiger partial charge in [0.05, 0.1) is 13.2 Å². The molecule has 2 aliphatic rings. The largest absolute Gasteiger partial charge is 0.338 e. The fourth-order valence-electron chi connectivity index (χ4n) is 3.59. The molecule has 0 N–H and O–H groups in total.